The number of hydrogen-bond acceptors (Lipinski definition) is 3. The summed E-state index contributed by atoms with van der Waals surface area (Å²) in [7, 11) is -3.55. The van der Waals surface area contributed by atoms with Crippen molar-refractivity contribution in [3.63, 3.8) is 0 Å². The molecule has 1 aromatic rings. The summed E-state index contributed by atoms with van der Waals surface area (Å²) in [6.07, 6.45) is 1.12. The number of benzene rings is 1. The fourth-order valence-electron chi connectivity index (χ4n) is 1.31. The summed E-state index contributed by atoms with van der Waals surface area (Å²) in [4.78, 5) is 11.2. The molecule has 0 saturated heterocycles. The van der Waals surface area contributed by atoms with E-state index in [1.165, 1.54) is 12.1 Å². The Labute approximate surface area is 107 Å². The highest BCUT2D eigenvalue weighted by molar-refractivity contribution is 7.89. The SMILES string of the molecule is C=CC(=O)Nc1cccc(S(=O)(=O)NC(C)C)c1. The number of anilines is 1. The van der Waals surface area contributed by atoms with Crippen LogP contribution in [0.15, 0.2) is 41.8 Å². The molecule has 0 bridgehead atoms. The third-order valence-electron chi connectivity index (χ3n) is 1.99. The summed E-state index contributed by atoms with van der Waals surface area (Å²) >= 11 is 0. The minimum absolute atomic E-state index is 0.109. The van der Waals surface area contributed by atoms with Gasteiger partial charge in [0, 0.05) is 11.7 Å². The highest BCUT2D eigenvalue weighted by Gasteiger charge is 2.15. The third kappa shape index (κ3) is 3.97. The quantitative estimate of drug-likeness (QED) is 0.795. The zero-order valence-corrected chi connectivity index (χ0v) is 11.1. The maximum atomic E-state index is 11.9. The number of nitrogens with one attached hydrogen (secondary N) is 2. The first-order valence-corrected chi connectivity index (χ1v) is 6.89. The molecule has 0 radical (unpaired) electrons. The smallest absolute Gasteiger partial charge is 0.247 e. The normalized spacial score (nSPS) is 11.3. The molecule has 6 heteroatoms. The van der Waals surface area contributed by atoms with Gasteiger partial charge in [-0.05, 0) is 38.1 Å². The van der Waals surface area contributed by atoms with Crippen LogP contribution in [0.2, 0.25) is 0 Å². The standard InChI is InChI=1S/C12H16N2O3S/c1-4-12(15)13-10-6-5-7-11(8-10)18(16,17)14-9(2)3/h4-9,14H,1H2,2-3H3,(H,13,15). The molecule has 0 aliphatic rings. The largest absolute Gasteiger partial charge is 0.322 e. The van der Waals surface area contributed by atoms with Crippen molar-refractivity contribution >= 4 is 21.6 Å². The summed E-state index contributed by atoms with van der Waals surface area (Å²) < 4.78 is 26.3. The number of rotatable bonds is 5. The van der Waals surface area contributed by atoms with Crippen LogP contribution in [0.4, 0.5) is 5.69 Å². The second-order valence-electron chi connectivity index (χ2n) is 4.00. The Bertz CT molecular complexity index is 550. The topological polar surface area (TPSA) is 75.3 Å². The van der Waals surface area contributed by atoms with E-state index in [9.17, 15) is 13.2 Å². The van der Waals surface area contributed by atoms with Gasteiger partial charge in [0.05, 0.1) is 4.90 Å². The number of carbonyl (C=O) groups is 1. The van der Waals surface area contributed by atoms with Gasteiger partial charge in [0.2, 0.25) is 15.9 Å². The van der Waals surface area contributed by atoms with Gasteiger partial charge in [-0.25, -0.2) is 13.1 Å². The van der Waals surface area contributed by atoms with Crippen LogP contribution >= 0.6 is 0 Å². The predicted octanol–water partition coefficient (Wildman–Crippen LogP) is 1.50. The molecule has 0 saturated carbocycles. The molecule has 98 valence electrons. The molecule has 1 aromatic carbocycles. The molecule has 0 fully saturated rings. The van der Waals surface area contributed by atoms with Gasteiger partial charge in [0.1, 0.15) is 0 Å². The van der Waals surface area contributed by atoms with Crippen molar-refractivity contribution in [2.45, 2.75) is 24.8 Å². The lowest BCUT2D eigenvalue weighted by molar-refractivity contribution is -0.111. The lowest BCUT2D eigenvalue weighted by Gasteiger charge is -2.10. The van der Waals surface area contributed by atoms with Crippen molar-refractivity contribution in [1.82, 2.24) is 4.72 Å². The average molecular weight is 268 g/mol. The van der Waals surface area contributed by atoms with Gasteiger partial charge in [-0.1, -0.05) is 12.6 Å². The lowest BCUT2D eigenvalue weighted by atomic mass is 10.3. The highest BCUT2D eigenvalue weighted by atomic mass is 32.2. The Kier molecular flexibility index (Phi) is 4.63. The Morgan fingerprint density at radius 1 is 1.39 bits per heavy atom. The van der Waals surface area contributed by atoms with Crippen LogP contribution in [-0.4, -0.2) is 20.4 Å². The van der Waals surface area contributed by atoms with Crippen LogP contribution < -0.4 is 10.0 Å². The Morgan fingerprint density at radius 3 is 2.61 bits per heavy atom. The minimum Gasteiger partial charge on any atom is -0.322 e. The molecule has 5 nitrogen and oxygen atoms in total. The van der Waals surface area contributed by atoms with E-state index in [2.05, 4.69) is 16.6 Å². The van der Waals surface area contributed by atoms with E-state index < -0.39 is 10.0 Å². The van der Waals surface area contributed by atoms with Crippen LogP contribution in [0, 0.1) is 0 Å². The van der Waals surface area contributed by atoms with Crippen LogP contribution in [0.25, 0.3) is 0 Å². The van der Waals surface area contributed by atoms with Crippen molar-refractivity contribution in [2.75, 3.05) is 5.32 Å². The molecule has 0 aromatic heterocycles. The van der Waals surface area contributed by atoms with Crippen molar-refractivity contribution in [1.29, 1.82) is 0 Å². The Balaban J connectivity index is 3.01. The van der Waals surface area contributed by atoms with E-state index in [0.717, 1.165) is 6.08 Å². The molecule has 1 amide bonds. The molecule has 2 N–H and O–H groups in total. The van der Waals surface area contributed by atoms with Crippen LogP contribution in [-0.2, 0) is 14.8 Å². The van der Waals surface area contributed by atoms with Gasteiger partial charge in [-0.3, -0.25) is 4.79 Å². The van der Waals surface area contributed by atoms with E-state index in [0.29, 0.717) is 5.69 Å². The van der Waals surface area contributed by atoms with E-state index in [-0.39, 0.29) is 16.8 Å². The Hall–Kier alpha value is -1.66. The molecule has 0 spiro atoms. The summed E-state index contributed by atoms with van der Waals surface area (Å²) in [5.74, 6) is -0.388. The molecule has 18 heavy (non-hydrogen) atoms. The maximum absolute atomic E-state index is 11.9. The molecular formula is C12H16N2O3S. The first-order chi connectivity index (χ1) is 8.35. The van der Waals surface area contributed by atoms with Crippen LogP contribution in [0.1, 0.15) is 13.8 Å². The van der Waals surface area contributed by atoms with E-state index in [1.807, 2.05) is 0 Å². The molecule has 0 aliphatic carbocycles. The predicted molar refractivity (Wildman–Crippen MR) is 70.7 cm³/mol. The van der Waals surface area contributed by atoms with Crippen molar-refractivity contribution < 1.29 is 13.2 Å². The second kappa shape index (κ2) is 5.79. The summed E-state index contributed by atoms with van der Waals surface area (Å²) in [5, 5.41) is 2.51. The number of amides is 1. The third-order valence-corrected chi connectivity index (χ3v) is 3.64. The molecular weight excluding hydrogens is 252 g/mol. The first kappa shape index (κ1) is 14.4. The zero-order chi connectivity index (χ0) is 13.8. The van der Waals surface area contributed by atoms with Gasteiger partial charge >= 0.3 is 0 Å². The molecule has 1 rings (SSSR count). The van der Waals surface area contributed by atoms with Crippen LogP contribution in [0.3, 0.4) is 0 Å². The second-order valence-corrected chi connectivity index (χ2v) is 5.71. The van der Waals surface area contributed by atoms with Crippen molar-refractivity contribution in [3.05, 3.63) is 36.9 Å². The van der Waals surface area contributed by atoms with Gasteiger partial charge < -0.3 is 5.32 Å². The molecule has 0 heterocycles. The molecule has 0 aliphatic heterocycles. The first-order valence-electron chi connectivity index (χ1n) is 5.41. The summed E-state index contributed by atoms with van der Waals surface area (Å²) in [5.41, 5.74) is 0.409. The van der Waals surface area contributed by atoms with Gasteiger partial charge in [0.15, 0.2) is 0 Å². The van der Waals surface area contributed by atoms with E-state index in [1.54, 1.807) is 26.0 Å². The van der Waals surface area contributed by atoms with Gasteiger partial charge in [0.25, 0.3) is 0 Å². The monoisotopic (exact) mass is 268 g/mol. The minimum atomic E-state index is -3.55. The highest BCUT2D eigenvalue weighted by Crippen LogP contribution is 2.15. The van der Waals surface area contributed by atoms with E-state index >= 15 is 0 Å². The van der Waals surface area contributed by atoms with Gasteiger partial charge in [-0.15, -0.1) is 0 Å². The summed E-state index contributed by atoms with van der Waals surface area (Å²) in [6.45, 7) is 6.80. The molecule has 0 atom stereocenters. The fourth-order valence-corrected chi connectivity index (χ4v) is 2.61. The van der Waals surface area contributed by atoms with Crippen molar-refractivity contribution in [2.24, 2.45) is 0 Å². The van der Waals surface area contributed by atoms with E-state index in [4.69, 9.17) is 0 Å². The van der Waals surface area contributed by atoms with Crippen molar-refractivity contribution in [3.8, 4) is 0 Å². The fraction of sp³-hybridized carbons (Fsp3) is 0.250. The summed E-state index contributed by atoms with van der Waals surface area (Å²) in [6, 6.07) is 5.84. The number of sulfonamides is 1. The van der Waals surface area contributed by atoms with Gasteiger partial charge in [-0.2, -0.15) is 0 Å². The maximum Gasteiger partial charge on any atom is 0.247 e. The van der Waals surface area contributed by atoms with Crippen LogP contribution in [0.5, 0.6) is 0 Å². The lowest BCUT2D eigenvalue weighted by Crippen LogP contribution is -2.30. The molecule has 0 unspecified atom stereocenters. The zero-order valence-electron chi connectivity index (χ0n) is 10.3. The number of carbonyl (C=O) groups excluding carboxylic acids is 1. The Morgan fingerprint density at radius 2 is 2.06 bits per heavy atom. The number of hydrogen-bond donors (Lipinski definition) is 2. The average Bonchev–Trinajstić information content (AvgIpc) is 2.27.